The second-order valence-corrected chi connectivity index (χ2v) is 5.22. The number of rotatable bonds is 4. The second kappa shape index (κ2) is 6.50. The Morgan fingerprint density at radius 2 is 1.67 bits per heavy atom. The Bertz CT molecular complexity index is 593. The molecule has 0 bridgehead atoms. The molecule has 0 spiro atoms. The summed E-state index contributed by atoms with van der Waals surface area (Å²) < 4.78 is 37.5. The van der Waals surface area contributed by atoms with Gasteiger partial charge in [0.25, 0.3) is 0 Å². The minimum atomic E-state index is -4.30. The highest BCUT2D eigenvalue weighted by Crippen LogP contribution is 2.30. The average Bonchev–Trinajstić information content (AvgIpc) is 2.45. The van der Waals surface area contributed by atoms with Crippen molar-refractivity contribution in [3.63, 3.8) is 0 Å². The maximum atomic E-state index is 12.5. The molecule has 1 unspecified atom stereocenters. The van der Waals surface area contributed by atoms with Crippen LogP contribution in [0.3, 0.4) is 0 Å². The Labute approximate surface area is 126 Å². The van der Waals surface area contributed by atoms with E-state index in [1.165, 1.54) is 12.1 Å². The Kier molecular flexibility index (Phi) is 4.91. The standard InChI is InChI=1S/C16H15ClF3N/c1-11(21-10-13-4-2-3-5-15(13)17)12-6-8-14(9-7-12)16(18,19)20/h2-9,11,21H,10H2,1H3. The van der Waals surface area contributed by atoms with Crippen LogP contribution in [-0.4, -0.2) is 0 Å². The molecule has 0 aliphatic rings. The average molecular weight is 314 g/mol. The van der Waals surface area contributed by atoms with Gasteiger partial charge in [0.1, 0.15) is 0 Å². The zero-order chi connectivity index (χ0) is 15.5. The highest BCUT2D eigenvalue weighted by molar-refractivity contribution is 6.31. The minimum absolute atomic E-state index is 0.0662. The van der Waals surface area contributed by atoms with Crippen LogP contribution in [0.5, 0.6) is 0 Å². The Morgan fingerprint density at radius 3 is 2.24 bits per heavy atom. The van der Waals surface area contributed by atoms with E-state index in [9.17, 15) is 13.2 Å². The first kappa shape index (κ1) is 15.9. The Balaban J connectivity index is 2.01. The van der Waals surface area contributed by atoms with Crippen LogP contribution in [0.2, 0.25) is 5.02 Å². The van der Waals surface area contributed by atoms with E-state index in [4.69, 9.17) is 11.6 Å². The van der Waals surface area contributed by atoms with Crippen LogP contribution in [0, 0.1) is 0 Å². The molecular weight excluding hydrogens is 299 g/mol. The van der Waals surface area contributed by atoms with Gasteiger partial charge in [-0.3, -0.25) is 0 Å². The van der Waals surface area contributed by atoms with Gasteiger partial charge in [-0.05, 0) is 36.2 Å². The molecule has 2 aromatic rings. The number of alkyl halides is 3. The van der Waals surface area contributed by atoms with Gasteiger partial charge in [-0.1, -0.05) is 41.9 Å². The molecule has 1 nitrogen and oxygen atoms in total. The van der Waals surface area contributed by atoms with Crippen LogP contribution in [0.4, 0.5) is 13.2 Å². The van der Waals surface area contributed by atoms with Crippen LogP contribution in [0.1, 0.15) is 29.7 Å². The Hall–Kier alpha value is -1.52. The molecule has 0 saturated carbocycles. The largest absolute Gasteiger partial charge is 0.416 e. The van der Waals surface area contributed by atoms with Gasteiger partial charge >= 0.3 is 6.18 Å². The molecule has 21 heavy (non-hydrogen) atoms. The smallest absolute Gasteiger partial charge is 0.306 e. The molecule has 1 atom stereocenters. The number of benzene rings is 2. The van der Waals surface area contributed by atoms with Gasteiger partial charge in [0, 0.05) is 17.6 Å². The fraction of sp³-hybridized carbons (Fsp3) is 0.250. The third-order valence-electron chi connectivity index (χ3n) is 3.29. The summed E-state index contributed by atoms with van der Waals surface area (Å²) in [6, 6.07) is 12.6. The molecule has 0 aromatic heterocycles. The van der Waals surface area contributed by atoms with Gasteiger partial charge in [0.2, 0.25) is 0 Å². The summed E-state index contributed by atoms with van der Waals surface area (Å²) in [5.74, 6) is 0. The van der Waals surface area contributed by atoms with E-state index >= 15 is 0 Å². The molecule has 0 aliphatic carbocycles. The number of hydrogen-bond donors (Lipinski definition) is 1. The maximum Gasteiger partial charge on any atom is 0.416 e. The van der Waals surface area contributed by atoms with Crippen molar-refractivity contribution in [1.82, 2.24) is 5.32 Å². The normalized spacial score (nSPS) is 13.2. The molecular formula is C16H15ClF3N. The van der Waals surface area contributed by atoms with Crippen molar-refractivity contribution in [2.75, 3.05) is 0 Å². The van der Waals surface area contributed by atoms with Crippen LogP contribution in [-0.2, 0) is 12.7 Å². The minimum Gasteiger partial charge on any atom is -0.306 e. The van der Waals surface area contributed by atoms with Crippen molar-refractivity contribution >= 4 is 11.6 Å². The predicted molar refractivity (Wildman–Crippen MR) is 78.2 cm³/mol. The van der Waals surface area contributed by atoms with E-state index < -0.39 is 11.7 Å². The zero-order valence-electron chi connectivity index (χ0n) is 11.4. The maximum absolute atomic E-state index is 12.5. The molecule has 0 saturated heterocycles. The van der Waals surface area contributed by atoms with E-state index in [2.05, 4.69) is 5.32 Å². The molecule has 2 rings (SSSR count). The number of hydrogen-bond acceptors (Lipinski definition) is 1. The van der Waals surface area contributed by atoms with Crippen molar-refractivity contribution in [1.29, 1.82) is 0 Å². The van der Waals surface area contributed by atoms with Crippen LogP contribution < -0.4 is 5.32 Å². The van der Waals surface area contributed by atoms with E-state index in [1.54, 1.807) is 6.07 Å². The molecule has 5 heteroatoms. The quantitative estimate of drug-likeness (QED) is 0.817. The number of nitrogens with one attached hydrogen (secondary N) is 1. The Morgan fingerprint density at radius 1 is 1.05 bits per heavy atom. The number of halogens is 4. The lowest BCUT2D eigenvalue weighted by atomic mass is 10.1. The zero-order valence-corrected chi connectivity index (χ0v) is 12.2. The molecule has 0 fully saturated rings. The lowest BCUT2D eigenvalue weighted by Crippen LogP contribution is -2.18. The van der Waals surface area contributed by atoms with Crippen molar-refractivity contribution in [2.24, 2.45) is 0 Å². The van der Waals surface area contributed by atoms with Gasteiger partial charge in [0.15, 0.2) is 0 Å². The predicted octanol–water partition coefficient (Wildman–Crippen LogP) is 5.21. The second-order valence-electron chi connectivity index (χ2n) is 4.81. The van der Waals surface area contributed by atoms with Gasteiger partial charge in [0.05, 0.1) is 5.56 Å². The molecule has 2 aromatic carbocycles. The molecule has 0 amide bonds. The molecule has 0 radical (unpaired) electrons. The highest BCUT2D eigenvalue weighted by atomic mass is 35.5. The molecule has 0 heterocycles. The van der Waals surface area contributed by atoms with Crippen LogP contribution in [0.25, 0.3) is 0 Å². The molecule has 0 aliphatic heterocycles. The summed E-state index contributed by atoms with van der Waals surface area (Å²) in [5, 5.41) is 3.92. The molecule has 1 N–H and O–H groups in total. The lowest BCUT2D eigenvalue weighted by Gasteiger charge is -2.16. The van der Waals surface area contributed by atoms with Gasteiger partial charge in [-0.2, -0.15) is 13.2 Å². The monoisotopic (exact) mass is 313 g/mol. The highest BCUT2D eigenvalue weighted by Gasteiger charge is 2.30. The summed E-state index contributed by atoms with van der Waals surface area (Å²) in [5.41, 5.74) is 1.12. The fourth-order valence-electron chi connectivity index (χ4n) is 1.98. The summed E-state index contributed by atoms with van der Waals surface area (Å²) >= 11 is 6.06. The van der Waals surface area contributed by atoms with Gasteiger partial charge in [-0.15, -0.1) is 0 Å². The summed E-state index contributed by atoms with van der Waals surface area (Å²) in [4.78, 5) is 0. The summed E-state index contributed by atoms with van der Waals surface area (Å²) in [7, 11) is 0. The van der Waals surface area contributed by atoms with E-state index in [-0.39, 0.29) is 6.04 Å². The third-order valence-corrected chi connectivity index (χ3v) is 3.66. The van der Waals surface area contributed by atoms with Crippen molar-refractivity contribution in [3.05, 3.63) is 70.2 Å². The van der Waals surface area contributed by atoms with E-state index in [1.807, 2.05) is 25.1 Å². The molecule has 112 valence electrons. The summed E-state index contributed by atoms with van der Waals surface area (Å²) in [6.45, 7) is 2.46. The van der Waals surface area contributed by atoms with Crippen molar-refractivity contribution < 1.29 is 13.2 Å². The van der Waals surface area contributed by atoms with E-state index in [0.717, 1.165) is 23.3 Å². The van der Waals surface area contributed by atoms with Gasteiger partial charge in [-0.25, -0.2) is 0 Å². The van der Waals surface area contributed by atoms with Crippen molar-refractivity contribution in [2.45, 2.75) is 25.7 Å². The SMILES string of the molecule is CC(NCc1ccccc1Cl)c1ccc(C(F)(F)F)cc1. The van der Waals surface area contributed by atoms with Crippen LogP contribution in [0.15, 0.2) is 48.5 Å². The van der Waals surface area contributed by atoms with Crippen LogP contribution >= 0.6 is 11.6 Å². The first-order chi connectivity index (χ1) is 9.88. The van der Waals surface area contributed by atoms with Gasteiger partial charge < -0.3 is 5.32 Å². The van der Waals surface area contributed by atoms with Crippen molar-refractivity contribution in [3.8, 4) is 0 Å². The topological polar surface area (TPSA) is 12.0 Å². The summed E-state index contributed by atoms with van der Waals surface area (Å²) in [6.07, 6.45) is -4.30. The lowest BCUT2D eigenvalue weighted by molar-refractivity contribution is -0.137. The first-order valence-electron chi connectivity index (χ1n) is 6.52. The first-order valence-corrected chi connectivity index (χ1v) is 6.89. The third kappa shape index (κ3) is 4.22. The fourth-order valence-corrected chi connectivity index (χ4v) is 2.19. The van der Waals surface area contributed by atoms with E-state index in [0.29, 0.717) is 11.6 Å².